The molecule has 1 aliphatic heterocycles. The third kappa shape index (κ3) is 3.21. The van der Waals surface area contributed by atoms with Crippen LogP contribution < -0.4 is 20.5 Å². The molecule has 0 aliphatic carbocycles. The Kier molecular flexibility index (Phi) is 4.21. The maximum absolute atomic E-state index is 14.1. The molecule has 0 saturated carbocycles. The lowest BCUT2D eigenvalue weighted by molar-refractivity contribution is 0.174. The molecule has 3 heterocycles. The molecule has 2 aromatic heterocycles. The van der Waals surface area contributed by atoms with Crippen LogP contribution in [0.2, 0.25) is 0 Å². The molecule has 29 heavy (non-hydrogen) atoms. The van der Waals surface area contributed by atoms with Gasteiger partial charge >= 0.3 is 0 Å². The van der Waals surface area contributed by atoms with Gasteiger partial charge in [-0.15, -0.1) is 11.3 Å². The molecule has 0 spiro atoms. The Hall–Kier alpha value is -3.39. The largest absolute Gasteiger partial charge is 0.454 e. The summed E-state index contributed by atoms with van der Waals surface area (Å²) in [6.07, 6.45) is 0. The molecule has 0 amide bonds. The van der Waals surface area contributed by atoms with Gasteiger partial charge in [0.05, 0.1) is 17.9 Å². The summed E-state index contributed by atoms with van der Waals surface area (Å²) in [6, 6.07) is 12.6. The first-order valence-electron chi connectivity index (χ1n) is 8.85. The normalized spacial score (nSPS) is 12.5. The number of nitrogen functional groups attached to an aromatic ring is 1. The predicted octanol–water partition coefficient (Wildman–Crippen LogP) is 5.16. The van der Waals surface area contributed by atoms with Crippen LogP contribution in [0.5, 0.6) is 11.5 Å². The number of rotatable bonds is 4. The molecule has 5 nitrogen and oxygen atoms in total. The van der Waals surface area contributed by atoms with Gasteiger partial charge in [0.25, 0.3) is 0 Å². The zero-order valence-corrected chi connectivity index (χ0v) is 15.9. The van der Waals surface area contributed by atoms with Crippen molar-refractivity contribution >= 4 is 32.9 Å². The summed E-state index contributed by atoms with van der Waals surface area (Å²) < 4.78 is 38.0. The number of benzene rings is 2. The number of aromatic nitrogens is 1. The van der Waals surface area contributed by atoms with Gasteiger partial charge < -0.3 is 20.5 Å². The Morgan fingerprint density at radius 2 is 1.90 bits per heavy atom. The van der Waals surface area contributed by atoms with Crippen LogP contribution >= 0.6 is 11.3 Å². The van der Waals surface area contributed by atoms with Gasteiger partial charge in [-0.05, 0) is 36.4 Å². The third-order valence-corrected chi connectivity index (χ3v) is 5.82. The lowest BCUT2D eigenvalue weighted by Gasteiger charge is -2.06. The number of halogens is 2. The van der Waals surface area contributed by atoms with E-state index >= 15 is 0 Å². The van der Waals surface area contributed by atoms with Gasteiger partial charge in [-0.3, -0.25) is 0 Å². The highest BCUT2D eigenvalue weighted by molar-refractivity contribution is 7.19. The molecule has 0 fully saturated rings. The standard InChI is InChI=1S/C21H15F2N3O2S/c22-11-1-3-13(15(23)7-11)16-5-4-14-20(24)19(29-21(14)26-16)9-25-12-2-6-17-18(8-12)28-10-27-17/h1-8,25H,9-10,24H2. The molecule has 5 rings (SSSR count). The van der Waals surface area contributed by atoms with Gasteiger partial charge in [-0.25, -0.2) is 13.8 Å². The monoisotopic (exact) mass is 411 g/mol. The number of pyridine rings is 1. The van der Waals surface area contributed by atoms with Gasteiger partial charge in [0.2, 0.25) is 6.79 Å². The molecule has 0 bridgehead atoms. The minimum absolute atomic E-state index is 0.227. The average molecular weight is 411 g/mol. The van der Waals surface area contributed by atoms with E-state index in [1.54, 1.807) is 6.07 Å². The van der Waals surface area contributed by atoms with Gasteiger partial charge in [0, 0.05) is 33.6 Å². The highest BCUT2D eigenvalue weighted by Gasteiger charge is 2.16. The van der Waals surface area contributed by atoms with Crippen molar-refractivity contribution in [2.24, 2.45) is 0 Å². The first kappa shape index (κ1) is 17.7. The fourth-order valence-electron chi connectivity index (χ4n) is 3.21. The molecule has 146 valence electrons. The first-order valence-corrected chi connectivity index (χ1v) is 9.67. The van der Waals surface area contributed by atoms with E-state index < -0.39 is 11.6 Å². The van der Waals surface area contributed by atoms with E-state index in [0.29, 0.717) is 28.5 Å². The van der Waals surface area contributed by atoms with Crippen LogP contribution in [0.3, 0.4) is 0 Å². The smallest absolute Gasteiger partial charge is 0.231 e. The molecular formula is C21H15F2N3O2S. The third-order valence-electron chi connectivity index (χ3n) is 4.70. The van der Waals surface area contributed by atoms with Gasteiger partial charge in [-0.2, -0.15) is 0 Å². The fourth-order valence-corrected chi connectivity index (χ4v) is 4.24. The summed E-state index contributed by atoms with van der Waals surface area (Å²) in [7, 11) is 0. The van der Waals surface area contributed by atoms with E-state index in [1.165, 1.54) is 23.5 Å². The number of nitrogens with one attached hydrogen (secondary N) is 1. The minimum atomic E-state index is -0.647. The van der Waals surface area contributed by atoms with Gasteiger partial charge in [0.15, 0.2) is 11.5 Å². The second-order valence-electron chi connectivity index (χ2n) is 6.53. The van der Waals surface area contributed by atoms with E-state index in [2.05, 4.69) is 10.3 Å². The van der Waals surface area contributed by atoms with E-state index in [4.69, 9.17) is 15.2 Å². The molecule has 2 aromatic carbocycles. The Balaban J connectivity index is 1.42. The lowest BCUT2D eigenvalue weighted by atomic mass is 10.1. The molecule has 0 radical (unpaired) electrons. The minimum Gasteiger partial charge on any atom is -0.454 e. The van der Waals surface area contributed by atoms with E-state index in [-0.39, 0.29) is 12.4 Å². The summed E-state index contributed by atoms with van der Waals surface area (Å²) in [5.74, 6) is 0.157. The number of thiophene rings is 1. The van der Waals surface area contributed by atoms with Crippen LogP contribution in [0.4, 0.5) is 20.2 Å². The van der Waals surface area contributed by atoms with E-state index in [1.807, 2.05) is 24.3 Å². The van der Waals surface area contributed by atoms with E-state index in [9.17, 15) is 8.78 Å². The molecule has 4 aromatic rings. The summed E-state index contributed by atoms with van der Waals surface area (Å²) in [5.41, 5.74) is 8.50. The number of nitrogens with zero attached hydrogens (tertiary/aromatic N) is 1. The zero-order valence-electron chi connectivity index (χ0n) is 15.0. The SMILES string of the molecule is Nc1c(CNc2ccc3c(c2)OCO3)sc2nc(-c3ccc(F)cc3F)ccc12. The van der Waals surface area contributed by atoms with Crippen LogP contribution in [0.1, 0.15) is 4.88 Å². The van der Waals surface area contributed by atoms with Crippen LogP contribution in [-0.4, -0.2) is 11.8 Å². The van der Waals surface area contributed by atoms with E-state index in [0.717, 1.165) is 27.8 Å². The Bertz CT molecular complexity index is 1240. The van der Waals surface area contributed by atoms with Crippen molar-refractivity contribution in [2.45, 2.75) is 6.54 Å². The number of ether oxygens (including phenoxy) is 2. The van der Waals surface area contributed by atoms with Crippen molar-refractivity contribution in [1.82, 2.24) is 4.98 Å². The summed E-state index contributed by atoms with van der Waals surface area (Å²) in [5, 5.41) is 4.13. The number of nitrogens with two attached hydrogens (primary N) is 1. The fraction of sp³-hybridized carbons (Fsp3) is 0.0952. The first-order chi connectivity index (χ1) is 14.1. The van der Waals surface area contributed by atoms with Crippen molar-refractivity contribution in [3.63, 3.8) is 0 Å². The Labute approximate surface area is 168 Å². The van der Waals surface area contributed by atoms with Crippen LogP contribution in [-0.2, 0) is 6.54 Å². The maximum Gasteiger partial charge on any atom is 0.231 e. The molecule has 1 aliphatic rings. The van der Waals surface area contributed by atoms with Gasteiger partial charge in [-0.1, -0.05) is 0 Å². The molecule has 0 atom stereocenters. The zero-order chi connectivity index (χ0) is 20.0. The highest BCUT2D eigenvalue weighted by Crippen LogP contribution is 2.37. The quantitative estimate of drug-likeness (QED) is 0.485. The van der Waals surface area contributed by atoms with Crippen molar-refractivity contribution in [3.8, 4) is 22.8 Å². The van der Waals surface area contributed by atoms with Crippen LogP contribution in [0, 0.1) is 11.6 Å². The van der Waals surface area contributed by atoms with Crippen molar-refractivity contribution < 1.29 is 18.3 Å². The summed E-state index contributed by atoms with van der Waals surface area (Å²) in [4.78, 5) is 6.15. The van der Waals surface area contributed by atoms with Crippen molar-refractivity contribution in [1.29, 1.82) is 0 Å². The molecule has 8 heteroatoms. The number of fused-ring (bicyclic) bond motifs is 2. The van der Waals surface area contributed by atoms with Crippen molar-refractivity contribution in [2.75, 3.05) is 17.8 Å². The molecule has 3 N–H and O–H groups in total. The molecule has 0 saturated heterocycles. The molecular weight excluding hydrogens is 396 g/mol. The Morgan fingerprint density at radius 3 is 2.76 bits per heavy atom. The second-order valence-corrected chi connectivity index (χ2v) is 7.62. The predicted molar refractivity (Wildman–Crippen MR) is 109 cm³/mol. The average Bonchev–Trinajstić information content (AvgIpc) is 3.30. The maximum atomic E-state index is 14.1. The van der Waals surface area contributed by atoms with Crippen molar-refractivity contribution in [3.05, 3.63) is 65.0 Å². The number of hydrogen-bond donors (Lipinski definition) is 2. The topological polar surface area (TPSA) is 69.4 Å². The van der Waals surface area contributed by atoms with Crippen LogP contribution in [0.15, 0.2) is 48.5 Å². The lowest BCUT2D eigenvalue weighted by Crippen LogP contribution is -2.00. The number of hydrogen-bond acceptors (Lipinski definition) is 6. The highest BCUT2D eigenvalue weighted by atomic mass is 32.1. The summed E-state index contributed by atoms with van der Waals surface area (Å²) >= 11 is 1.44. The van der Waals surface area contributed by atoms with Gasteiger partial charge in [0.1, 0.15) is 16.5 Å². The number of anilines is 2. The molecule has 0 unspecified atom stereocenters. The van der Waals surface area contributed by atoms with Crippen LogP contribution in [0.25, 0.3) is 21.5 Å². The second kappa shape index (κ2) is 6.89. The summed E-state index contributed by atoms with van der Waals surface area (Å²) in [6.45, 7) is 0.734. The Morgan fingerprint density at radius 1 is 1.03 bits per heavy atom.